The van der Waals surface area contributed by atoms with Gasteiger partial charge in [0.1, 0.15) is 5.75 Å². The first-order valence-electron chi connectivity index (χ1n) is 7.34. The summed E-state index contributed by atoms with van der Waals surface area (Å²) in [6, 6.07) is 15.6. The van der Waals surface area contributed by atoms with Gasteiger partial charge in [0, 0.05) is 4.90 Å². The number of carbonyl (C=O) groups excluding carboxylic acids is 2. The Morgan fingerprint density at radius 1 is 1.16 bits per heavy atom. The van der Waals surface area contributed by atoms with Crippen molar-refractivity contribution < 1.29 is 19.1 Å². The number of ether oxygens (including phenoxy) is 2. The van der Waals surface area contributed by atoms with Crippen LogP contribution in [0.2, 0.25) is 0 Å². The maximum atomic E-state index is 12.0. The molecule has 0 heterocycles. The summed E-state index contributed by atoms with van der Waals surface area (Å²) in [4.78, 5) is 24.7. The van der Waals surface area contributed by atoms with Gasteiger partial charge in [-0.3, -0.25) is 4.79 Å². The molecule has 0 aromatic heterocycles. The van der Waals surface area contributed by atoms with Gasteiger partial charge in [0.05, 0.1) is 30.2 Å². The minimum absolute atomic E-state index is 0.277. The van der Waals surface area contributed by atoms with E-state index in [9.17, 15) is 9.59 Å². The molecule has 2 aromatic rings. The second kappa shape index (κ2) is 9.35. The van der Waals surface area contributed by atoms with Crippen molar-refractivity contribution in [2.24, 2.45) is 0 Å². The molecule has 0 radical (unpaired) electrons. The summed E-state index contributed by atoms with van der Waals surface area (Å²) < 4.78 is 10.0. The molecule has 0 saturated heterocycles. The molecule has 1 N–H and O–H groups in total. The van der Waals surface area contributed by atoms with Crippen molar-refractivity contribution >= 4 is 29.3 Å². The molecule has 0 aliphatic heterocycles. The average Bonchev–Trinajstić information content (AvgIpc) is 2.65. The van der Waals surface area contributed by atoms with Crippen molar-refractivity contribution in [2.75, 3.05) is 24.8 Å². The fourth-order valence-corrected chi connectivity index (χ4v) is 2.60. The first kappa shape index (κ1) is 18.4. The SMILES string of the molecule is COc1ccc(C(=O)OCC(=O)Nc2ccccc2SCC#N)cc1. The highest BCUT2D eigenvalue weighted by Crippen LogP contribution is 2.26. The van der Waals surface area contributed by atoms with Gasteiger partial charge < -0.3 is 14.8 Å². The number of esters is 1. The van der Waals surface area contributed by atoms with Crippen LogP contribution in [0.25, 0.3) is 0 Å². The van der Waals surface area contributed by atoms with Crippen molar-refractivity contribution in [3.63, 3.8) is 0 Å². The Labute approximate surface area is 149 Å². The van der Waals surface area contributed by atoms with Crippen molar-refractivity contribution in [2.45, 2.75) is 4.90 Å². The lowest BCUT2D eigenvalue weighted by Gasteiger charge is -2.10. The summed E-state index contributed by atoms with van der Waals surface area (Å²) in [7, 11) is 1.53. The molecule has 2 aromatic carbocycles. The van der Waals surface area contributed by atoms with Crippen LogP contribution < -0.4 is 10.1 Å². The van der Waals surface area contributed by atoms with Crippen LogP contribution in [-0.2, 0) is 9.53 Å². The molecule has 7 heteroatoms. The smallest absolute Gasteiger partial charge is 0.338 e. The lowest BCUT2D eigenvalue weighted by Crippen LogP contribution is -2.21. The van der Waals surface area contributed by atoms with E-state index in [1.807, 2.05) is 12.1 Å². The molecule has 0 saturated carbocycles. The first-order chi connectivity index (χ1) is 12.1. The molecule has 0 atom stereocenters. The molecule has 0 aliphatic carbocycles. The highest BCUT2D eigenvalue weighted by atomic mass is 32.2. The molecule has 0 spiro atoms. The van der Waals surface area contributed by atoms with Crippen LogP contribution in [0.4, 0.5) is 5.69 Å². The Morgan fingerprint density at radius 3 is 2.56 bits per heavy atom. The number of thioether (sulfide) groups is 1. The van der Waals surface area contributed by atoms with Crippen LogP contribution in [0.5, 0.6) is 5.75 Å². The summed E-state index contributed by atoms with van der Waals surface area (Å²) in [6.45, 7) is -0.401. The van der Waals surface area contributed by atoms with Gasteiger partial charge >= 0.3 is 5.97 Å². The Bertz CT molecular complexity index is 784. The van der Waals surface area contributed by atoms with E-state index < -0.39 is 18.5 Å². The number of benzene rings is 2. The number of rotatable bonds is 7. The van der Waals surface area contributed by atoms with E-state index in [-0.39, 0.29) is 5.75 Å². The van der Waals surface area contributed by atoms with Gasteiger partial charge in [-0.25, -0.2) is 4.79 Å². The Kier molecular flexibility index (Phi) is 6.87. The average molecular weight is 356 g/mol. The molecular formula is C18H16N2O4S. The summed E-state index contributed by atoms with van der Waals surface area (Å²) in [6.07, 6.45) is 0. The third-order valence-corrected chi connectivity index (χ3v) is 4.05. The molecular weight excluding hydrogens is 340 g/mol. The predicted octanol–water partition coefficient (Wildman–Crippen LogP) is 3.11. The molecule has 0 fully saturated rings. The van der Waals surface area contributed by atoms with E-state index in [2.05, 4.69) is 5.32 Å². The topological polar surface area (TPSA) is 88.4 Å². The van der Waals surface area contributed by atoms with Crippen LogP contribution in [0.15, 0.2) is 53.4 Å². The van der Waals surface area contributed by atoms with Crippen molar-refractivity contribution in [1.29, 1.82) is 5.26 Å². The summed E-state index contributed by atoms with van der Waals surface area (Å²) in [5, 5.41) is 11.3. The van der Waals surface area contributed by atoms with Gasteiger partial charge in [-0.2, -0.15) is 5.26 Å². The van der Waals surface area contributed by atoms with Crippen LogP contribution >= 0.6 is 11.8 Å². The predicted molar refractivity (Wildman–Crippen MR) is 94.7 cm³/mol. The van der Waals surface area contributed by atoms with Crippen LogP contribution in [0.1, 0.15) is 10.4 Å². The highest BCUT2D eigenvalue weighted by molar-refractivity contribution is 7.99. The minimum atomic E-state index is -0.593. The van der Waals surface area contributed by atoms with E-state index in [0.29, 0.717) is 17.0 Å². The fourth-order valence-electron chi connectivity index (χ4n) is 1.93. The van der Waals surface area contributed by atoms with Gasteiger partial charge in [0.25, 0.3) is 5.91 Å². The lowest BCUT2D eigenvalue weighted by atomic mass is 10.2. The van der Waals surface area contributed by atoms with Crippen LogP contribution in [0, 0.1) is 11.3 Å². The van der Waals surface area contributed by atoms with Gasteiger partial charge in [-0.05, 0) is 36.4 Å². The summed E-state index contributed by atoms with van der Waals surface area (Å²) >= 11 is 1.32. The minimum Gasteiger partial charge on any atom is -0.497 e. The Morgan fingerprint density at radius 2 is 1.88 bits per heavy atom. The zero-order valence-electron chi connectivity index (χ0n) is 13.5. The molecule has 6 nitrogen and oxygen atoms in total. The van der Waals surface area contributed by atoms with E-state index in [4.69, 9.17) is 14.7 Å². The zero-order valence-corrected chi connectivity index (χ0v) is 14.3. The van der Waals surface area contributed by atoms with Crippen molar-refractivity contribution in [1.82, 2.24) is 0 Å². The van der Waals surface area contributed by atoms with E-state index in [1.54, 1.807) is 42.5 Å². The van der Waals surface area contributed by atoms with Crippen LogP contribution in [0.3, 0.4) is 0 Å². The lowest BCUT2D eigenvalue weighted by molar-refractivity contribution is -0.119. The summed E-state index contributed by atoms with van der Waals surface area (Å²) in [5.41, 5.74) is 0.909. The number of nitriles is 1. The second-order valence-electron chi connectivity index (χ2n) is 4.80. The number of hydrogen-bond acceptors (Lipinski definition) is 6. The molecule has 25 heavy (non-hydrogen) atoms. The van der Waals surface area contributed by atoms with Gasteiger partial charge in [0.2, 0.25) is 0 Å². The van der Waals surface area contributed by atoms with Crippen LogP contribution in [-0.4, -0.2) is 31.3 Å². The van der Waals surface area contributed by atoms with E-state index in [0.717, 1.165) is 4.90 Å². The number of nitrogens with zero attached hydrogens (tertiary/aromatic N) is 1. The first-order valence-corrected chi connectivity index (χ1v) is 8.32. The van der Waals surface area contributed by atoms with Gasteiger partial charge in [0.15, 0.2) is 6.61 Å². The van der Waals surface area contributed by atoms with E-state index >= 15 is 0 Å². The number of methoxy groups -OCH3 is 1. The number of carbonyl (C=O) groups is 2. The van der Waals surface area contributed by atoms with Crippen molar-refractivity contribution in [3.05, 3.63) is 54.1 Å². The maximum absolute atomic E-state index is 12.0. The monoisotopic (exact) mass is 356 g/mol. The number of hydrogen-bond donors (Lipinski definition) is 1. The molecule has 0 aliphatic rings. The zero-order chi connectivity index (χ0) is 18.1. The fraction of sp³-hybridized carbons (Fsp3) is 0.167. The quantitative estimate of drug-likeness (QED) is 0.606. The van der Waals surface area contributed by atoms with Gasteiger partial charge in [-0.15, -0.1) is 11.8 Å². The number of anilines is 1. The third-order valence-electron chi connectivity index (χ3n) is 3.11. The standard InChI is InChI=1S/C18H16N2O4S/c1-23-14-8-6-13(7-9-14)18(22)24-12-17(21)20-15-4-2-3-5-16(15)25-11-10-19/h2-9H,11-12H2,1H3,(H,20,21). The highest BCUT2D eigenvalue weighted by Gasteiger charge is 2.12. The molecule has 0 bridgehead atoms. The summed E-state index contributed by atoms with van der Waals surface area (Å²) in [5.74, 6) is -0.142. The van der Waals surface area contributed by atoms with Crippen molar-refractivity contribution in [3.8, 4) is 11.8 Å². The van der Waals surface area contributed by atoms with E-state index in [1.165, 1.54) is 18.9 Å². The molecule has 1 amide bonds. The number of nitrogens with one attached hydrogen (secondary N) is 1. The number of amides is 1. The largest absolute Gasteiger partial charge is 0.497 e. The second-order valence-corrected chi connectivity index (χ2v) is 5.81. The third kappa shape index (κ3) is 5.55. The van der Waals surface area contributed by atoms with Gasteiger partial charge in [-0.1, -0.05) is 12.1 Å². The molecule has 2 rings (SSSR count). The Balaban J connectivity index is 1.90. The maximum Gasteiger partial charge on any atom is 0.338 e. The molecule has 0 unspecified atom stereocenters. The molecule has 128 valence electrons. The Hall–Kier alpha value is -2.98. The number of para-hydroxylation sites is 1. The normalized spacial score (nSPS) is 9.76.